The van der Waals surface area contributed by atoms with Crippen molar-refractivity contribution >= 4 is 11.4 Å². The molecule has 0 radical (unpaired) electrons. The topological polar surface area (TPSA) is 85.9 Å². The largest absolute Gasteiger partial charge is 0.379 e. The van der Waals surface area contributed by atoms with Gasteiger partial charge in [0.1, 0.15) is 12.7 Å². The van der Waals surface area contributed by atoms with Crippen LogP contribution in [0, 0.1) is 10.1 Å². The van der Waals surface area contributed by atoms with Crippen LogP contribution in [0.2, 0.25) is 0 Å². The summed E-state index contributed by atoms with van der Waals surface area (Å²) >= 11 is 0. The number of non-ortho nitro benzene ring substituents is 1. The molecule has 0 unspecified atom stereocenters. The molecule has 7 heteroatoms. The van der Waals surface area contributed by atoms with E-state index in [1.54, 1.807) is 10.6 Å². The maximum atomic E-state index is 11.0. The number of nitro groups is 1. The number of nitrogens with one attached hydrogen (secondary N) is 1. The summed E-state index contributed by atoms with van der Waals surface area (Å²) in [6, 6.07) is 14.6. The molecular formula is C15H13N5O2. The molecule has 0 fully saturated rings. The summed E-state index contributed by atoms with van der Waals surface area (Å²) in [6.07, 6.45) is 3.01. The molecule has 0 amide bonds. The zero-order chi connectivity index (χ0) is 15.4. The fourth-order valence-corrected chi connectivity index (χ4v) is 2.11. The minimum atomic E-state index is -0.422. The Morgan fingerprint density at radius 3 is 2.50 bits per heavy atom. The third-order valence-electron chi connectivity index (χ3n) is 3.21. The van der Waals surface area contributed by atoms with Crippen LogP contribution >= 0.6 is 0 Å². The molecule has 0 atom stereocenters. The van der Waals surface area contributed by atoms with E-state index in [2.05, 4.69) is 15.5 Å². The molecule has 0 aliphatic rings. The first-order chi connectivity index (χ1) is 10.7. The summed E-state index contributed by atoms with van der Waals surface area (Å²) in [6.45, 7) is 0.619. The molecule has 0 bridgehead atoms. The van der Waals surface area contributed by atoms with Crippen molar-refractivity contribution in [3.05, 3.63) is 76.9 Å². The van der Waals surface area contributed by atoms with Crippen LogP contribution in [0.4, 0.5) is 11.4 Å². The Kier molecular flexibility index (Phi) is 3.78. The second kappa shape index (κ2) is 6.04. The van der Waals surface area contributed by atoms with E-state index in [-0.39, 0.29) is 5.69 Å². The van der Waals surface area contributed by atoms with Gasteiger partial charge in [0.15, 0.2) is 0 Å². The lowest BCUT2D eigenvalue weighted by Crippen LogP contribution is -2.04. The lowest BCUT2D eigenvalue weighted by atomic mass is 10.2. The molecule has 22 heavy (non-hydrogen) atoms. The lowest BCUT2D eigenvalue weighted by Gasteiger charge is -2.12. The molecule has 110 valence electrons. The van der Waals surface area contributed by atoms with Gasteiger partial charge in [0.05, 0.1) is 16.3 Å². The number of rotatable bonds is 5. The number of benzene rings is 2. The molecule has 0 saturated carbocycles. The van der Waals surface area contributed by atoms with Crippen molar-refractivity contribution in [1.29, 1.82) is 0 Å². The molecule has 3 aromatic rings. The van der Waals surface area contributed by atoms with Crippen molar-refractivity contribution in [2.45, 2.75) is 6.54 Å². The Morgan fingerprint density at radius 1 is 1.09 bits per heavy atom. The van der Waals surface area contributed by atoms with E-state index in [0.29, 0.717) is 12.2 Å². The van der Waals surface area contributed by atoms with E-state index in [1.165, 1.54) is 24.8 Å². The highest BCUT2D eigenvalue weighted by atomic mass is 16.6. The van der Waals surface area contributed by atoms with Crippen molar-refractivity contribution < 1.29 is 4.92 Å². The number of hydrogen-bond acceptors (Lipinski definition) is 5. The van der Waals surface area contributed by atoms with E-state index in [0.717, 1.165) is 11.3 Å². The van der Waals surface area contributed by atoms with Crippen LogP contribution < -0.4 is 5.32 Å². The van der Waals surface area contributed by atoms with Crippen LogP contribution in [0.3, 0.4) is 0 Å². The van der Waals surface area contributed by atoms with E-state index in [4.69, 9.17) is 0 Å². The zero-order valence-electron chi connectivity index (χ0n) is 11.6. The molecule has 1 N–H and O–H groups in total. The van der Waals surface area contributed by atoms with Crippen molar-refractivity contribution in [3.8, 4) is 5.69 Å². The van der Waals surface area contributed by atoms with Gasteiger partial charge in [0, 0.05) is 18.7 Å². The van der Waals surface area contributed by atoms with Crippen LogP contribution in [0.25, 0.3) is 5.69 Å². The second-order valence-electron chi connectivity index (χ2n) is 4.67. The Labute approximate surface area is 126 Å². The van der Waals surface area contributed by atoms with Gasteiger partial charge in [-0.2, -0.15) is 0 Å². The molecule has 2 aromatic carbocycles. The van der Waals surface area contributed by atoms with Crippen molar-refractivity contribution in [2.24, 2.45) is 0 Å². The molecule has 0 aliphatic carbocycles. The molecule has 0 spiro atoms. The summed E-state index contributed by atoms with van der Waals surface area (Å²) < 4.78 is 1.64. The molecule has 1 heterocycles. The Bertz CT molecular complexity index is 772. The van der Waals surface area contributed by atoms with Gasteiger partial charge in [0.2, 0.25) is 0 Å². The summed E-state index contributed by atoms with van der Waals surface area (Å²) in [5.74, 6) is 0. The minimum Gasteiger partial charge on any atom is -0.379 e. The quantitative estimate of drug-likeness (QED) is 0.578. The van der Waals surface area contributed by atoms with E-state index >= 15 is 0 Å². The maximum Gasteiger partial charge on any atom is 0.271 e. The molecular weight excluding hydrogens is 282 g/mol. The van der Waals surface area contributed by atoms with Crippen LogP contribution in [-0.4, -0.2) is 19.7 Å². The first kappa shape index (κ1) is 13.7. The fourth-order valence-electron chi connectivity index (χ4n) is 2.11. The Hall–Kier alpha value is -3.22. The zero-order valence-corrected chi connectivity index (χ0v) is 11.6. The summed E-state index contributed by atoms with van der Waals surface area (Å²) in [4.78, 5) is 10.5. The van der Waals surface area contributed by atoms with Crippen LogP contribution in [0.1, 0.15) is 5.56 Å². The number of nitrogens with zero attached hydrogens (tertiary/aromatic N) is 4. The number of anilines is 1. The standard InChI is InChI=1S/C15H13N5O2/c21-20(22)13-6-7-14(15(8-13)19-10-17-18-11-19)16-9-12-4-2-1-3-5-12/h1-8,10-11,16H,9H2. The maximum absolute atomic E-state index is 11.0. The van der Waals surface area contributed by atoms with Gasteiger partial charge in [-0.25, -0.2) is 0 Å². The number of nitro benzene ring substituents is 1. The minimum absolute atomic E-state index is 0.0222. The average Bonchev–Trinajstić information content (AvgIpc) is 3.08. The highest BCUT2D eigenvalue weighted by Gasteiger charge is 2.12. The number of hydrogen-bond donors (Lipinski definition) is 1. The first-order valence-electron chi connectivity index (χ1n) is 6.65. The smallest absolute Gasteiger partial charge is 0.271 e. The summed E-state index contributed by atoms with van der Waals surface area (Å²) in [5, 5.41) is 21.7. The first-order valence-corrected chi connectivity index (χ1v) is 6.65. The van der Waals surface area contributed by atoms with Crippen LogP contribution in [0.15, 0.2) is 61.2 Å². The Balaban J connectivity index is 1.91. The van der Waals surface area contributed by atoms with Gasteiger partial charge in [-0.3, -0.25) is 14.7 Å². The van der Waals surface area contributed by atoms with Gasteiger partial charge in [-0.15, -0.1) is 10.2 Å². The molecule has 0 aliphatic heterocycles. The van der Waals surface area contributed by atoms with Gasteiger partial charge >= 0.3 is 0 Å². The predicted octanol–water partition coefficient (Wildman–Crippen LogP) is 2.79. The Morgan fingerprint density at radius 2 is 1.82 bits per heavy atom. The monoisotopic (exact) mass is 295 g/mol. The summed E-state index contributed by atoms with van der Waals surface area (Å²) in [5.41, 5.74) is 2.55. The van der Waals surface area contributed by atoms with E-state index in [1.807, 2.05) is 30.3 Å². The third kappa shape index (κ3) is 2.93. The van der Waals surface area contributed by atoms with Gasteiger partial charge < -0.3 is 5.32 Å². The van der Waals surface area contributed by atoms with Crippen molar-refractivity contribution in [1.82, 2.24) is 14.8 Å². The SMILES string of the molecule is O=[N+]([O-])c1ccc(NCc2ccccc2)c(-n2cnnc2)c1. The predicted molar refractivity (Wildman–Crippen MR) is 81.8 cm³/mol. The third-order valence-corrected chi connectivity index (χ3v) is 3.21. The summed E-state index contributed by atoms with van der Waals surface area (Å²) in [7, 11) is 0. The number of aromatic nitrogens is 3. The molecule has 0 saturated heterocycles. The second-order valence-corrected chi connectivity index (χ2v) is 4.67. The van der Waals surface area contributed by atoms with E-state index < -0.39 is 4.92 Å². The van der Waals surface area contributed by atoms with Crippen LogP contribution in [-0.2, 0) is 6.54 Å². The van der Waals surface area contributed by atoms with Crippen LogP contribution in [0.5, 0.6) is 0 Å². The normalized spacial score (nSPS) is 10.4. The molecule has 1 aromatic heterocycles. The fraction of sp³-hybridized carbons (Fsp3) is 0.0667. The molecule has 7 nitrogen and oxygen atoms in total. The lowest BCUT2D eigenvalue weighted by molar-refractivity contribution is -0.384. The highest BCUT2D eigenvalue weighted by Crippen LogP contribution is 2.25. The van der Waals surface area contributed by atoms with Crippen molar-refractivity contribution in [3.63, 3.8) is 0 Å². The van der Waals surface area contributed by atoms with E-state index in [9.17, 15) is 10.1 Å². The average molecular weight is 295 g/mol. The van der Waals surface area contributed by atoms with Gasteiger partial charge in [-0.1, -0.05) is 30.3 Å². The van der Waals surface area contributed by atoms with Gasteiger partial charge in [-0.05, 0) is 11.6 Å². The molecule has 3 rings (SSSR count). The highest BCUT2D eigenvalue weighted by molar-refractivity contribution is 5.65. The van der Waals surface area contributed by atoms with Crippen molar-refractivity contribution in [2.75, 3.05) is 5.32 Å². The van der Waals surface area contributed by atoms with Gasteiger partial charge in [0.25, 0.3) is 5.69 Å².